The fraction of sp³-hybridized carbons (Fsp3) is 0.167. The number of nitrogens with one attached hydrogen (secondary N) is 1. The van der Waals surface area contributed by atoms with Crippen LogP contribution in [0, 0.1) is 0 Å². The van der Waals surface area contributed by atoms with Crippen molar-refractivity contribution in [3.05, 3.63) is 65.2 Å². The largest absolute Gasteiger partial charge is 0.457 e. The monoisotopic (exact) mass is 377 g/mol. The van der Waals surface area contributed by atoms with Gasteiger partial charge in [-0.05, 0) is 24.3 Å². The van der Waals surface area contributed by atoms with Gasteiger partial charge in [-0.15, -0.1) is 11.8 Å². The number of ketones is 1. The number of carbonyl (C=O) groups is 3. The van der Waals surface area contributed by atoms with Crippen LogP contribution in [0.1, 0.15) is 10.4 Å². The van der Waals surface area contributed by atoms with E-state index in [9.17, 15) is 14.4 Å². The zero-order valence-corrected chi connectivity index (χ0v) is 14.8. The number of thioether (sulfide) groups is 1. The van der Waals surface area contributed by atoms with Gasteiger partial charge in [-0.2, -0.15) is 0 Å². The lowest BCUT2D eigenvalue weighted by Crippen LogP contribution is -2.18. The smallest absolute Gasteiger partial charge is 0.316 e. The second-order valence-corrected chi connectivity index (χ2v) is 6.42. The molecule has 7 heteroatoms. The highest BCUT2D eigenvalue weighted by Gasteiger charge is 2.11. The Kier molecular flexibility index (Phi) is 7.50. The van der Waals surface area contributed by atoms with E-state index in [-0.39, 0.29) is 29.8 Å². The van der Waals surface area contributed by atoms with Crippen LogP contribution in [0.15, 0.2) is 54.6 Å². The van der Waals surface area contributed by atoms with E-state index < -0.39 is 5.97 Å². The lowest BCUT2D eigenvalue weighted by Gasteiger charge is -2.06. The Morgan fingerprint density at radius 2 is 1.64 bits per heavy atom. The average molecular weight is 378 g/mol. The van der Waals surface area contributed by atoms with Gasteiger partial charge in [-0.25, -0.2) is 0 Å². The van der Waals surface area contributed by atoms with Crippen LogP contribution in [0.4, 0.5) is 5.69 Å². The van der Waals surface area contributed by atoms with Crippen molar-refractivity contribution in [2.75, 3.05) is 23.4 Å². The number of esters is 1. The van der Waals surface area contributed by atoms with Crippen molar-refractivity contribution in [2.45, 2.75) is 0 Å². The van der Waals surface area contributed by atoms with Crippen molar-refractivity contribution < 1.29 is 19.1 Å². The lowest BCUT2D eigenvalue weighted by molar-refractivity contribution is -0.139. The summed E-state index contributed by atoms with van der Waals surface area (Å²) in [4.78, 5) is 35.2. The minimum absolute atomic E-state index is 0.00386. The van der Waals surface area contributed by atoms with E-state index in [4.69, 9.17) is 16.3 Å². The van der Waals surface area contributed by atoms with E-state index in [1.165, 1.54) is 0 Å². The van der Waals surface area contributed by atoms with Crippen molar-refractivity contribution >= 4 is 46.7 Å². The normalized spacial score (nSPS) is 10.1. The molecule has 5 nitrogen and oxygen atoms in total. The van der Waals surface area contributed by atoms with Gasteiger partial charge in [0.15, 0.2) is 12.4 Å². The number of rotatable bonds is 8. The Bertz CT molecular complexity index is 735. The number of Topliss-reactive ketones (excluding diaryl/α,β-unsaturated/α-hetero) is 1. The van der Waals surface area contributed by atoms with E-state index in [1.807, 2.05) is 0 Å². The van der Waals surface area contributed by atoms with Crippen LogP contribution in [-0.4, -0.2) is 35.8 Å². The highest BCUT2D eigenvalue weighted by molar-refractivity contribution is 8.00. The van der Waals surface area contributed by atoms with Gasteiger partial charge in [0.25, 0.3) is 0 Å². The summed E-state index contributed by atoms with van der Waals surface area (Å²) in [5.41, 5.74) is 1.12. The number of hydrogen-bond acceptors (Lipinski definition) is 5. The molecule has 0 radical (unpaired) electrons. The highest BCUT2D eigenvalue weighted by atomic mass is 35.5. The third kappa shape index (κ3) is 6.99. The number of anilines is 1. The summed E-state index contributed by atoms with van der Waals surface area (Å²) >= 11 is 6.88. The number of hydrogen-bond donors (Lipinski definition) is 1. The van der Waals surface area contributed by atoms with Gasteiger partial charge >= 0.3 is 5.97 Å². The minimum atomic E-state index is -0.534. The molecule has 0 atom stereocenters. The molecule has 1 N–H and O–H groups in total. The van der Waals surface area contributed by atoms with E-state index in [0.29, 0.717) is 16.3 Å². The maximum atomic E-state index is 11.8. The molecule has 0 aliphatic carbocycles. The molecule has 130 valence electrons. The van der Waals surface area contributed by atoms with E-state index in [0.717, 1.165) is 11.8 Å². The first-order valence-corrected chi connectivity index (χ1v) is 8.95. The second-order valence-electron chi connectivity index (χ2n) is 5.00. The van der Waals surface area contributed by atoms with Crippen molar-refractivity contribution in [2.24, 2.45) is 0 Å². The SMILES string of the molecule is O=C(CSCC(=O)OCC(=O)c1ccccc1)Nc1ccc(Cl)cc1. The van der Waals surface area contributed by atoms with Crippen molar-refractivity contribution in [1.82, 2.24) is 0 Å². The molecular formula is C18H16ClNO4S. The summed E-state index contributed by atoms with van der Waals surface area (Å²) < 4.78 is 4.92. The van der Waals surface area contributed by atoms with Gasteiger partial charge in [0.2, 0.25) is 5.91 Å². The van der Waals surface area contributed by atoms with Gasteiger partial charge in [0.1, 0.15) is 0 Å². The van der Waals surface area contributed by atoms with E-state index >= 15 is 0 Å². The van der Waals surface area contributed by atoms with Gasteiger partial charge in [-0.3, -0.25) is 14.4 Å². The van der Waals surface area contributed by atoms with E-state index in [2.05, 4.69) is 5.32 Å². The van der Waals surface area contributed by atoms with Crippen LogP contribution < -0.4 is 5.32 Å². The van der Waals surface area contributed by atoms with Crippen molar-refractivity contribution in [3.8, 4) is 0 Å². The molecule has 25 heavy (non-hydrogen) atoms. The Balaban J connectivity index is 1.64. The molecular weight excluding hydrogens is 362 g/mol. The third-order valence-corrected chi connectivity index (χ3v) is 4.20. The molecule has 0 spiro atoms. The maximum Gasteiger partial charge on any atom is 0.316 e. The number of ether oxygens (including phenoxy) is 1. The first kappa shape index (κ1) is 19.0. The van der Waals surface area contributed by atoms with Gasteiger partial charge in [-0.1, -0.05) is 41.9 Å². The molecule has 0 heterocycles. The summed E-state index contributed by atoms with van der Waals surface area (Å²) in [6, 6.07) is 15.3. The molecule has 0 aliphatic rings. The fourth-order valence-corrected chi connectivity index (χ4v) is 2.59. The molecule has 1 amide bonds. The molecule has 0 saturated carbocycles. The maximum absolute atomic E-state index is 11.8. The highest BCUT2D eigenvalue weighted by Crippen LogP contribution is 2.14. The standard InChI is InChI=1S/C18H16ClNO4S/c19-14-6-8-15(9-7-14)20-17(22)11-25-12-18(23)24-10-16(21)13-4-2-1-3-5-13/h1-9H,10-12H2,(H,20,22). The molecule has 0 aliphatic heterocycles. The predicted octanol–water partition coefficient (Wildman–Crippen LogP) is 3.44. The van der Waals surface area contributed by atoms with Crippen molar-refractivity contribution in [1.29, 1.82) is 0 Å². The molecule has 2 rings (SSSR count). The number of benzene rings is 2. The molecule has 0 unspecified atom stereocenters. The van der Waals surface area contributed by atoms with Gasteiger partial charge in [0.05, 0.1) is 11.5 Å². The van der Waals surface area contributed by atoms with Crippen LogP contribution >= 0.6 is 23.4 Å². The van der Waals surface area contributed by atoms with Crippen LogP contribution in [0.25, 0.3) is 0 Å². The molecule has 0 fully saturated rings. The van der Waals surface area contributed by atoms with Crippen LogP contribution in [-0.2, 0) is 14.3 Å². The molecule has 0 saturated heterocycles. The molecule has 2 aromatic rings. The Morgan fingerprint density at radius 3 is 2.32 bits per heavy atom. The van der Waals surface area contributed by atoms with E-state index in [1.54, 1.807) is 54.6 Å². The quantitative estimate of drug-likeness (QED) is 0.563. The summed E-state index contributed by atoms with van der Waals surface area (Å²) in [7, 11) is 0. The predicted molar refractivity (Wildman–Crippen MR) is 99.1 cm³/mol. The van der Waals surface area contributed by atoms with Gasteiger partial charge in [0, 0.05) is 16.3 Å². The number of carbonyl (C=O) groups excluding carboxylic acids is 3. The Morgan fingerprint density at radius 1 is 0.960 bits per heavy atom. The summed E-state index contributed by atoms with van der Waals surface area (Å²) in [5.74, 6) is -0.936. The zero-order chi connectivity index (χ0) is 18.1. The van der Waals surface area contributed by atoms with Crippen LogP contribution in [0.5, 0.6) is 0 Å². The molecule has 0 bridgehead atoms. The third-order valence-electron chi connectivity index (χ3n) is 3.04. The first-order chi connectivity index (χ1) is 12.0. The number of amides is 1. The summed E-state index contributed by atoms with van der Waals surface area (Å²) in [5, 5.41) is 3.27. The second kappa shape index (κ2) is 9.86. The Hall–Kier alpha value is -2.31. The summed E-state index contributed by atoms with van der Waals surface area (Å²) in [6.07, 6.45) is 0. The van der Waals surface area contributed by atoms with Crippen molar-refractivity contribution in [3.63, 3.8) is 0 Å². The zero-order valence-electron chi connectivity index (χ0n) is 13.2. The molecule has 0 aromatic heterocycles. The topological polar surface area (TPSA) is 72.5 Å². The summed E-state index contributed by atoms with van der Waals surface area (Å²) in [6.45, 7) is -0.305. The fourth-order valence-electron chi connectivity index (χ4n) is 1.85. The van der Waals surface area contributed by atoms with Crippen LogP contribution in [0.2, 0.25) is 5.02 Å². The lowest BCUT2D eigenvalue weighted by atomic mass is 10.1. The Labute approximate surface area is 154 Å². The average Bonchev–Trinajstić information content (AvgIpc) is 2.62. The first-order valence-electron chi connectivity index (χ1n) is 7.41. The minimum Gasteiger partial charge on any atom is -0.457 e. The van der Waals surface area contributed by atoms with Crippen LogP contribution in [0.3, 0.4) is 0 Å². The molecule has 2 aromatic carbocycles. The number of halogens is 1. The van der Waals surface area contributed by atoms with Gasteiger partial charge < -0.3 is 10.1 Å².